The van der Waals surface area contributed by atoms with Crippen molar-refractivity contribution >= 4 is 28.3 Å². The number of nitrogens with one attached hydrogen (secondary N) is 2. The van der Waals surface area contributed by atoms with Gasteiger partial charge in [-0.1, -0.05) is 12.1 Å². The van der Waals surface area contributed by atoms with Crippen molar-refractivity contribution in [2.75, 3.05) is 19.0 Å². The van der Waals surface area contributed by atoms with Crippen LogP contribution in [0.5, 0.6) is 5.75 Å². The molecule has 1 atom stereocenters. The topological polar surface area (TPSA) is 114 Å². The fourth-order valence-electron chi connectivity index (χ4n) is 3.99. The number of carbonyl (C=O) groups excluding carboxylic acids is 2. The lowest BCUT2D eigenvalue weighted by Crippen LogP contribution is -2.43. The number of benzene rings is 2. The third kappa shape index (κ3) is 4.27. The largest absolute Gasteiger partial charge is 0.497 e. The molecule has 9 nitrogen and oxygen atoms in total. The molecule has 4 rings (SSSR count). The van der Waals surface area contributed by atoms with E-state index in [4.69, 9.17) is 4.74 Å². The normalized spacial score (nSPS) is 15.7. The number of fused-ring (bicyclic) bond motifs is 1. The Morgan fingerprint density at radius 3 is 2.53 bits per heavy atom. The van der Waals surface area contributed by atoms with E-state index in [2.05, 4.69) is 10.4 Å². The molecule has 0 radical (unpaired) electrons. The molecule has 1 saturated heterocycles. The van der Waals surface area contributed by atoms with Gasteiger partial charge >= 0.3 is 0 Å². The first-order chi connectivity index (χ1) is 15.5. The number of carbonyl (C=O) groups is 2. The summed E-state index contributed by atoms with van der Waals surface area (Å²) >= 11 is 0. The van der Waals surface area contributed by atoms with E-state index in [9.17, 15) is 19.2 Å². The fourth-order valence-corrected chi connectivity index (χ4v) is 3.99. The number of hydrogen-bond donors (Lipinski definition) is 2. The van der Waals surface area contributed by atoms with Gasteiger partial charge in [0.25, 0.3) is 11.1 Å². The minimum absolute atomic E-state index is 0.000499. The van der Waals surface area contributed by atoms with Crippen LogP contribution < -0.4 is 21.2 Å². The van der Waals surface area contributed by atoms with E-state index in [1.54, 1.807) is 60.5 Å². The van der Waals surface area contributed by atoms with Gasteiger partial charge in [-0.25, -0.2) is 4.68 Å². The van der Waals surface area contributed by atoms with Crippen molar-refractivity contribution in [3.8, 4) is 5.75 Å². The number of hydrogen-bond acceptors (Lipinski definition) is 5. The van der Waals surface area contributed by atoms with Crippen molar-refractivity contribution < 1.29 is 14.3 Å². The van der Waals surface area contributed by atoms with Gasteiger partial charge in [-0.15, -0.1) is 0 Å². The number of H-pyrrole nitrogens is 1. The lowest BCUT2D eigenvalue weighted by atomic mass is 10.2. The van der Waals surface area contributed by atoms with Gasteiger partial charge in [-0.2, -0.15) is 0 Å². The van der Waals surface area contributed by atoms with Crippen molar-refractivity contribution in [3.05, 3.63) is 69.2 Å². The molecule has 1 aromatic heterocycles. The second-order valence-corrected chi connectivity index (χ2v) is 7.66. The minimum atomic E-state index is -0.572. The Labute approximate surface area is 183 Å². The Morgan fingerprint density at radius 1 is 1.09 bits per heavy atom. The average Bonchev–Trinajstić information content (AvgIpc) is 3.31. The maximum Gasteiger partial charge on any atom is 0.273 e. The maximum absolute atomic E-state index is 12.9. The summed E-state index contributed by atoms with van der Waals surface area (Å²) in [5.74, 6) is 0.193. The Kier molecular flexibility index (Phi) is 6.07. The quantitative estimate of drug-likeness (QED) is 0.611. The van der Waals surface area contributed by atoms with Gasteiger partial charge in [0.15, 0.2) is 0 Å². The standard InChI is InChI=1S/C23H24N4O5/c1-32-16-10-8-15(9-11-16)24-22(30)19-7-4-13-26(19)20(28)12-14-27-23(31)18-6-3-2-5-17(18)21(29)25-27/h2-3,5-6,8-11,19H,4,7,12-14H2,1H3,(H,24,30)(H,25,29). The van der Waals surface area contributed by atoms with E-state index in [1.807, 2.05) is 0 Å². The van der Waals surface area contributed by atoms with E-state index in [1.165, 1.54) is 0 Å². The van der Waals surface area contributed by atoms with Crippen LogP contribution in [0.1, 0.15) is 19.3 Å². The molecule has 166 valence electrons. The minimum Gasteiger partial charge on any atom is -0.497 e. The Hall–Kier alpha value is -3.88. The SMILES string of the molecule is COc1ccc(NC(=O)C2CCCN2C(=O)CCn2[nH]c(=O)c3ccccc3c2=O)cc1. The first-order valence-electron chi connectivity index (χ1n) is 10.4. The smallest absolute Gasteiger partial charge is 0.273 e. The molecule has 3 aromatic rings. The second-order valence-electron chi connectivity index (χ2n) is 7.66. The molecule has 2 N–H and O–H groups in total. The number of methoxy groups -OCH3 is 1. The molecule has 0 aliphatic carbocycles. The molecule has 0 saturated carbocycles. The molecule has 1 unspecified atom stereocenters. The number of anilines is 1. The molecule has 2 amide bonds. The molecule has 0 bridgehead atoms. The van der Waals surface area contributed by atoms with Crippen LogP contribution in [0.25, 0.3) is 10.8 Å². The summed E-state index contributed by atoms with van der Waals surface area (Å²) in [5, 5.41) is 5.99. The summed E-state index contributed by atoms with van der Waals surface area (Å²) in [5.41, 5.74) is -0.121. The van der Waals surface area contributed by atoms with Gasteiger partial charge in [0.2, 0.25) is 11.8 Å². The van der Waals surface area contributed by atoms with E-state index >= 15 is 0 Å². The predicted octanol–water partition coefficient (Wildman–Crippen LogP) is 1.72. The van der Waals surface area contributed by atoms with Crippen LogP contribution >= 0.6 is 0 Å². The van der Waals surface area contributed by atoms with Gasteiger partial charge in [0.1, 0.15) is 11.8 Å². The van der Waals surface area contributed by atoms with Crippen LogP contribution in [0.15, 0.2) is 58.1 Å². The van der Waals surface area contributed by atoms with Crippen molar-refractivity contribution in [3.63, 3.8) is 0 Å². The summed E-state index contributed by atoms with van der Waals surface area (Å²) in [6.45, 7) is 0.504. The Morgan fingerprint density at radius 2 is 1.81 bits per heavy atom. The molecular formula is C23H24N4O5. The number of aromatic amines is 1. The first-order valence-corrected chi connectivity index (χ1v) is 10.4. The zero-order chi connectivity index (χ0) is 22.7. The van der Waals surface area contributed by atoms with Crippen LogP contribution in [0.2, 0.25) is 0 Å². The average molecular weight is 436 g/mol. The van der Waals surface area contributed by atoms with Gasteiger partial charge in [-0.05, 0) is 49.2 Å². The molecular weight excluding hydrogens is 412 g/mol. The maximum atomic E-state index is 12.9. The number of likely N-dealkylation sites (tertiary alicyclic amines) is 1. The van der Waals surface area contributed by atoms with Crippen LogP contribution in [0, 0.1) is 0 Å². The third-order valence-corrected chi connectivity index (χ3v) is 5.67. The van der Waals surface area contributed by atoms with Crippen molar-refractivity contribution in [1.29, 1.82) is 0 Å². The van der Waals surface area contributed by atoms with E-state index < -0.39 is 6.04 Å². The molecule has 32 heavy (non-hydrogen) atoms. The highest BCUT2D eigenvalue weighted by Crippen LogP contribution is 2.21. The van der Waals surface area contributed by atoms with E-state index in [-0.39, 0.29) is 35.9 Å². The van der Waals surface area contributed by atoms with Crippen LogP contribution in [0.3, 0.4) is 0 Å². The molecule has 2 aromatic carbocycles. The van der Waals surface area contributed by atoms with Crippen LogP contribution in [0.4, 0.5) is 5.69 Å². The number of nitrogens with zero attached hydrogens (tertiary/aromatic N) is 2. The molecule has 1 aliphatic rings. The first kappa shape index (κ1) is 21.4. The zero-order valence-corrected chi connectivity index (χ0v) is 17.7. The highest BCUT2D eigenvalue weighted by molar-refractivity contribution is 5.97. The Balaban J connectivity index is 1.43. The summed E-state index contributed by atoms with van der Waals surface area (Å²) in [7, 11) is 1.57. The lowest BCUT2D eigenvalue weighted by molar-refractivity contribution is -0.136. The molecule has 9 heteroatoms. The lowest BCUT2D eigenvalue weighted by Gasteiger charge is -2.24. The molecule has 1 fully saturated rings. The van der Waals surface area contributed by atoms with Gasteiger partial charge < -0.3 is 15.0 Å². The summed E-state index contributed by atoms with van der Waals surface area (Å²) in [6, 6.07) is 12.9. The van der Waals surface area contributed by atoms with Gasteiger partial charge in [-0.3, -0.25) is 24.3 Å². The monoisotopic (exact) mass is 436 g/mol. The molecule has 1 aliphatic heterocycles. The fraction of sp³-hybridized carbons (Fsp3) is 0.304. The number of rotatable bonds is 6. The summed E-state index contributed by atoms with van der Waals surface area (Å²) < 4.78 is 6.27. The number of amides is 2. The molecule has 2 heterocycles. The summed E-state index contributed by atoms with van der Waals surface area (Å²) in [4.78, 5) is 52.0. The summed E-state index contributed by atoms with van der Waals surface area (Å²) in [6.07, 6.45) is 1.29. The second kappa shape index (κ2) is 9.09. The van der Waals surface area contributed by atoms with Crippen molar-refractivity contribution in [2.24, 2.45) is 0 Å². The van der Waals surface area contributed by atoms with Crippen molar-refractivity contribution in [1.82, 2.24) is 14.7 Å². The van der Waals surface area contributed by atoms with Crippen LogP contribution in [-0.2, 0) is 16.1 Å². The zero-order valence-electron chi connectivity index (χ0n) is 17.7. The van der Waals surface area contributed by atoms with Gasteiger partial charge in [0, 0.05) is 18.7 Å². The Bertz CT molecular complexity index is 1260. The number of ether oxygens (including phenoxy) is 1. The predicted molar refractivity (Wildman–Crippen MR) is 120 cm³/mol. The van der Waals surface area contributed by atoms with E-state index in [0.717, 1.165) is 11.1 Å². The van der Waals surface area contributed by atoms with Crippen molar-refractivity contribution in [2.45, 2.75) is 31.8 Å². The number of aromatic nitrogens is 2. The molecule has 0 spiro atoms. The highest BCUT2D eigenvalue weighted by atomic mass is 16.5. The van der Waals surface area contributed by atoms with Crippen LogP contribution in [-0.4, -0.2) is 46.2 Å². The van der Waals surface area contributed by atoms with E-state index in [0.29, 0.717) is 35.2 Å². The van der Waals surface area contributed by atoms with Gasteiger partial charge in [0.05, 0.1) is 24.4 Å². The third-order valence-electron chi connectivity index (χ3n) is 5.67. The number of aryl methyl sites for hydroxylation is 1. The highest BCUT2D eigenvalue weighted by Gasteiger charge is 2.33.